The van der Waals surface area contributed by atoms with Crippen molar-refractivity contribution in [3.8, 4) is 5.75 Å². The number of nitrogens with one attached hydrogen (secondary N) is 1. The van der Waals surface area contributed by atoms with E-state index in [0.717, 1.165) is 18.4 Å². The molecule has 1 aliphatic rings. The molecule has 0 spiro atoms. The van der Waals surface area contributed by atoms with Crippen LogP contribution in [0.4, 0.5) is 5.69 Å². The molecule has 0 aromatic heterocycles. The van der Waals surface area contributed by atoms with E-state index in [0.29, 0.717) is 36.3 Å². The monoisotopic (exact) mass is 374 g/mol. The van der Waals surface area contributed by atoms with Crippen LogP contribution in [0, 0.1) is 5.92 Å². The van der Waals surface area contributed by atoms with Crippen LogP contribution in [0.25, 0.3) is 0 Å². The summed E-state index contributed by atoms with van der Waals surface area (Å²) in [7, 11) is 0. The maximum atomic E-state index is 12.3. The van der Waals surface area contributed by atoms with E-state index in [9.17, 15) is 4.79 Å². The highest BCUT2D eigenvalue weighted by Crippen LogP contribution is 2.22. The lowest BCUT2D eigenvalue weighted by molar-refractivity contribution is -0.119. The first kappa shape index (κ1) is 18.7. The summed E-state index contributed by atoms with van der Waals surface area (Å²) in [5.41, 5.74) is 7.71. The van der Waals surface area contributed by atoms with Crippen molar-refractivity contribution in [2.24, 2.45) is 11.7 Å². The molecule has 26 heavy (non-hydrogen) atoms. The third-order valence-corrected chi connectivity index (χ3v) is 4.92. The van der Waals surface area contributed by atoms with Gasteiger partial charge in [-0.05, 0) is 49.1 Å². The minimum Gasteiger partial charge on any atom is -0.489 e. The van der Waals surface area contributed by atoms with Crippen LogP contribution in [0.5, 0.6) is 5.75 Å². The van der Waals surface area contributed by atoms with Crippen LogP contribution in [-0.4, -0.2) is 25.2 Å². The molecular weight excluding hydrogens is 352 g/mol. The second-order valence-corrected chi connectivity index (χ2v) is 6.78. The van der Waals surface area contributed by atoms with Gasteiger partial charge in [-0.3, -0.25) is 4.79 Å². The van der Waals surface area contributed by atoms with Crippen molar-refractivity contribution >= 4 is 23.2 Å². The van der Waals surface area contributed by atoms with E-state index < -0.39 is 6.04 Å². The van der Waals surface area contributed by atoms with E-state index in [1.54, 1.807) is 12.1 Å². The normalized spacial score (nSPS) is 16.1. The zero-order valence-electron chi connectivity index (χ0n) is 14.5. The number of rotatable bonds is 6. The maximum Gasteiger partial charge on any atom is 0.241 e. The van der Waals surface area contributed by atoms with Gasteiger partial charge in [0.1, 0.15) is 12.4 Å². The van der Waals surface area contributed by atoms with Crippen molar-refractivity contribution in [2.75, 3.05) is 18.5 Å². The Morgan fingerprint density at radius 1 is 1.19 bits per heavy atom. The summed E-state index contributed by atoms with van der Waals surface area (Å²) in [6.07, 6.45) is 1.65. The lowest BCUT2D eigenvalue weighted by atomic mass is 9.92. The van der Waals surface area contributed by atoms with E-state index in [-0.39, 0.29) is 11.8 Å². The van der Waals surface area contributed by atoms with Gasteiger partial charge < -0.3 is 20.5 Å². The van der Waals surface area contributed by atoms with Crippen molar-refractivity contribution in [1.29, 1.82) is 0 Å². The van der Waals surface area contributed by atoms with Crippen LogP contribution in [0.3, 0.4) is 0 Å². The van der Waals surface area contributed by atoms with Crippen LogP contribution >= 0.6 is 11.6 Å². The number of anilines is 1. The van der Waals surface area contributed by atoms with Gasteiger partial charge in [0, 0.05) is 29.5 Å². The number of hydrogen-bond acceptors (Lipinski definition) is 4. The average Bonchev–Trinajstić information content (AvgIpc) is 2.68. The fourth-order valence-corrected chi connectivity index (χ4v) is 3.12. The topological polar surface area (TPSA) is 73.6 Å². The predicted octanol–water partition coefficient (Wildman–Crippen LogP) is 3.61. The second kappa shape index (κ2) is 9.03. The van der Waals surface area contributed by atoms with Gasteiger partial charge >= 0.3 is 0 Å². The first-order valence-corrected chi connectivity index (χ1v) is 9.12. The molecule has 1 unspecified atom stereocenters. The number of carbonyl (C=O) groups excluding carboxylic acids is 1. The summed E-state index contributed by atoms with van der Waals surface area (Å²) in [5, 5.41) is 3.55. The SMILES string of the molecule is NC(C(=O)Nc1ccc(OCc2ccccc2Cl)cc1)C1CCOCC1. The van der Waals surface area contributed by atoms with Crippen molar-refractivity contribution in [3.63, 3.8) is 0 Å². The van der Waals surface area contributed by atoms with Gasteiger partial charge in [0.15, 0.2) is 0 Å². The minimum absolute atomic E-state index is 0.165. The van der Waals surface area contributed by atoms with Crippen LogP contribution in [0.15, 0.2) is 48.5 Å². The van der Waals surface area contributed by atoms with Crippen molar-refractivity contribution < 1.29 is 14.3 Å². The molecule has 138 valence electrons. The summed E-state index contributed by atoms with van der Waals surface area (Å²) in [4.78, 5) is 12.3. The number of amides is 1. The van der Waals surface area contributed by atoms with E-state index in [4.69, 9.17) is 26.8 Å². The Labute approximate surface area is 158 Å². The van der Waals surface area contributed by atoms with Gasteiger partial charge in [0.25, 0.3) is 0 Å². The van der Waals surface area contributed by atoms with Gasteiger partial charge in [0.2, 0.25) is 5.91 Å². The molecule has 1 heterocycles. The molecule has 0 saturated carbocycles. The van der Waals surface area contributed by atoms with E-state index in [2.05, 4.69) is 5.32 Å². The highest BCUT2D eigenvalue weighted by atomic mass is 35.5. The quantitative estimate of drug-likeness (QED) is 0.810. The van der Waals surface area contributed by atoms with Crippen LogP contribution < -0.4 is 15.8 Å². The van der Waals surface area contributed by atoms with Crippen LogP contribution in [-0.2, 0) is 16.1 Å². The van der Waals surface area contributed by atoms with Gasteiger partial charge in [-0.25, -0.2) is 0 Å². The molecule has 1 amide bonds. The Kier molecular flexibility index (Phi) is 6.50. The standard InChI is InChI=1S/C20H23ClN2O3/c21-18-4-2-1-3-15(18)13-26-17-7-5-16(6-8-17)23-20(24)19(22)14-9-11-25-12-10-14/h1-8,14,19H,9-13,22H2,(H,23,24). The molecule has 3 rings (SSSR count). The third kappa shape index (κ3) is 4.97. The number of ether oxygens (including phenoxy) is 2. The number of nitrogens with two attached hydrogens (primary N) is 1. The lowest BCUT2D eigenvalue weighted by Gasteiger charge is -2.26. The molecule has 0 radical (unpaired) electrons. The third-order valence-electron chi connectivity index (χ3n) is 4.55. The van der Waals surface area contributed by atoms with E-state index >= 15 is 0 Å². The molecule has 5 nitrogen and oxygen atoms in total. The number of halogens is 1. The van der Waals surface area contributed by atoms with E-state index in [1.807, 2.05) is 36.4 Å². The lowest BCUT2D eigenvalue weighted by Crippen LogP contribution is -2.43. The fraction of sp³-hybridized carbons (Fsp3) is 0.350. The molecule has 1 saturated heterocycles. The highest BCUT2D eigenvalue weighted by Gasteiger charge is 2.26. The largest absolute Gasteiger partial charge is 0.489 e. The minimum atomic E-state index is -0.518. The summed E-state index contributed by atoms with van der Waals surface area (Å²) < 4.78 is 11.1. The molecule has 3 N–H and O–H groups in total. The summed E-state index contributed by atoms with van der Waals surface area (Å²) in [6, 6.07) is 14.3. The van der Waals surface area contributed by atoms with E-state index in [1.165, 1.54) is 0 Å². The maximum absolute atomic E-state index is 12.3. The second-order valence-electron chi connectivity index (χ2n) is 6.37. The van der Waals surface area contributed by atoms with Gasteiger partial charge in [0.05, 0.1) is 6.04 Å². The average molecular weight is 375 g/mol. The highest BCUT2D eigenvalue weighted by molar-refractivity contribution is 6.31. The number of benzene rings is 2. The van der Waals surface area contributed by atoms with Gasteiger partial charge in [-0.2, -0.15) is 0 Å². The molecule has 1 atom stereocenters. The van der Waals surface area contributed by atoms with Gasteiger partial charge in [-0.15, -0.1) is 0 Å². The first-order valence-electron chi connectivity index (χ1n) is 8.74. The molecule has 0 aliphatic carbocycles. The Hall–Kier alpha value is -2.08. The summed E-state index contributed by atoms with van der Waals surface area (Å²) in [6.45, 7) is 1.73. The number of hydrogen-bond donors (Lipinski definition) is 2. The molecule has 6 heteroatoms. The van der Waals surface area contributed by atoms with Crippen LogP contribution in [0.1, 0.15) is 18.4 Å². The molecule has 1 aliphatic heterocycles. The smallest absolute Gasteiger partial charge is 0.241 e. The Balaban J connectivity index is 1.52. The number of carbonyl (C=O) groups is 1. The summed E-state index contributed by atoms with van der Waals surface area (Å²) in [5.74, 6) is 0.709. The Bertz CT molecular complexity index is 730. The molecule has 2 aromatic rings. The predicted molar refractivity (Wildman–Crippen MR) is 102 cm³/mol. The summed E-state index contributed by atoms with van der Waals surface area (Å²) >= 11 is 6.12. The van der Waals surface area contributed by atoms with Crippen LogP contribution in [0.2, 0.25) is 5.02 Å². The molecule has 2 aromatic carbocycles. The Morgan fingerprint density at radius 3 is 2.58 bits per heavy atom. The van der Waals surface area contributed by atoms with Crippen molar-refractivity contribution in [1.82, 2.24) is 0 Å². The molecule has 1 fully saturated rings. The fourth-order valence-electron chi connectivity index (χ4n) is 2.93. The first-order chi connectivity index (χ1) is 12.6. The van der Waals surface area contributed by atoms with Crippen molar-refractivity contribution in [2.45, 2.75) is 25.5 Å². The molecular formula is C20H23ClN2O3. The van der Waals surface area contributed by atoms with Crippen molar-refractivity contribution in [3.05, 3.63) is 59.1 Å². The van der Waals surface area contributed by atoms with Gasteiger partial charge in [-0.1, -0.05) is 29.8 Å². The zero-order valence-corrected chi connectivity index (χ0v) is 15.2. The molecule has 0 bridgehead atoms. The zero-order chi connectivity index (χ0) is 18.4. The Morgan fingerprint density at radius 2 is 1.88 bits per heavy atom.